The van der Waals surface area contributed by atoms with Crippen molar-refractivity contribution >= 4 is 40.0 Å². The number of fused-ring (bicyclic) bond motifs is 5. The van der Waals surface area contributed by atoms with E-state index in [-0.39, 0.29) is 40.9 Å². The van der Waals surface area contributed by atoms with Gasteiger partial charge in [-0.1, -0.05) is 53.9 Å². The molecule has 7 heteroatoms. The molecule has 4 aliphatic carbocycles. The summed E-state index contributed by atoms with van der Waals surface area (Å²) in [6.45, 7) is 11.9. The molecular weight excluding hydrogens is 459 g/mol. The molecule has 0 aromatic heterocycles. The molecule has 0 unspecified atom stereocenters. The fourth-order valence-corrected chi connectivity index (χ4v) is 10.1. The van der Waals surface area contributed by atoms with E-state index < -0.39 is 22.6 Å². The third-order valence-electron chi connectivity index (χ3n) is 11.1. The van der Waals surface area contributed by atoms with E-state index in [0.717, 1.165) is 30.6 Å². The van der Waals surface area contributed by atoms with Crippen LogP contribution in [0.2, 0.25) is 0 Å². The topological polar surface area (TPSA) is 83.8 Å². The van der Waals surface area contributed by atoms with Crippen molar-refractivity contribution < 1.29 is 22.3 Å². The van der Waals surface area contributed by atoms with E-state index in [0.29, 0.717) is 36.0 Å². The van der Waals surface area contributed by atoms with Crippen LogP contribution in [0.25, 0.3) is 0 Å². The summed E-state index contributed by atoms with van der Waals surface area (Å²) in [5.41, 5.74) is 0.290. The summed E-state index contributed by atoms with van der Waals surface area (Å²) in [4.78, 5) is 0. The van der Waals surface area contributed by atoms with Gasteiger partial charge in [-0.25, -0.2) is 4.18 Å². The van der Waals surface area contributed by atoms with Gasteiger partial charge < -0.3 is 5.11 Å². The molecule has 0 aromatic rings. The average molecular weight is 508 g/mol. The van der Waals surface area contributed by atoms with Gasteiger partial charge in [0.2, 0.25) is 0 Å². The maximum Gasteiger partial charge on any atom is 0.397 e. The Morgan fingerprint density at radius 2 is 1.56 bits per heavy atom. The van der Waals surface area contributed by atoms with E-state index in [1.165, 1.54) is 44.9 Å². The first-order chi connectivity index (χ1) is 15.3. The summed E-state index contributed by atoms with van der Waals surface area (Å²) >= 11 is 0. The molecule has 34 heavy (non-hydrogen) atoms. The zero-order valence-electron chi connectivity index (χ0n) is 22.5. The quantitative estimate of drug-likeness (QED) is 0.332. The molecule has 0 aliphatic heterocycles. The second kappa shape index (κ2) is 10.9. The Bertz CT molecular complexity index is 803. The molecule has 0 bridgehead atoms. The summed E-state index contributed by atoms with van der Waals surface area (Å²) in [5.74, 6) is 3.84. The summed E-state index contributed by atoms with van der Waals surface area (Å²) in [6.07, 6.45) is 11.0. The van der Waals surface area contributed by atoms with Crippen molar-refractivity contribution in [3.8, 4) is 0 Å². The van der Waals surface area contributed by atoms with Gasteiger partial charge in [0.1, 0.15) is 0 Å². The molecule has 4 fully saturated rings. The van der Waals surface area contributed by atoms with E-state index in [4.69, 9.17) is 4.18 Å². The summed E-state index contributed by atoms with van der Waals surface area (Å²) in [5, 5.41) is 10.4. The molecule has 4 saturated carbocycles. The predicted molar refractivity (Wildman–Crippen MR) is 137 cm³/mol. The maximum atomic E-state index is 11.8. The van der Waals surface area contributed by atoms with Crippen molar-refractivity contribution in [3.05, 3.63) is 0 Å². The van der Waals surface area contributed by atoms with Crippen LogP contribution in [0, 0.1) is 52.3 Å². The second-order valence-corrected chi connectivity index (χ2v) is 14.3. The molecule has 0 aromatic carbocycles. The summed E-state index contributed by atoms with van der Waals surface area (Å²) in [7, 11) is -4.52. The number of rotatable bonds is 7. The first-order valence-corrected chi connectivity index (χ1v) is 15.1. The number of hydrogen-bond acceptors (Lipinski definition) is 4. The Labute approximate surface area is 230 Å². The van der Waals surface area contributed by atoms with Gasteiger partial charge in [0.25, 0.3) is 0 Å². The van der Waals surface area contributed by atoms with Crippen LogP contribution in [0.1, 0.15) is 105 Å². The van der Waals surface area contributed by atoms with Crippen LogP contribution in [0.15, 0.2) is 0 Å². The summed E-state index contributed by atoms with van der Waals surface area (Å²) < 4.78 is 38.5. The minimum Gasteiger partial charge on any atom is -0.393 e. The van der Waals surface area contributed by atoms with Gasteiger partial charge in [-0.15, -0.1) is 0 Å². The van der Waals surface area contributed by atoms with E-state index in [9.17, 15) is 18.1 Å². The largest absolute Gasteiger partial charge is 0.397 e. The van der Waals surface area contributed by atoms with Crippen LogP contribution in [-0.4, -0.2) is 59.8 Å². The Hall–Kier alpha value is 0.830. The van der Waals surface area contributed by atoms with Crippen molar-refractivity contribution in [1.82, 2.24) is 0 Å². The fraction of sp³-hybridized carbons (Fsp3) is 1.00. The fourth-order valence-electron chi connectivity index (χ4n) is 9.53. The third kappa shape index (κ3) is 5.63. The average Bonchev–Trinajstić information content (AvgIpc) is 3.05. The SMILES string of the molecule is CC(C)CCC[C@@H](C)[C@H]1CC[C@H]2[C@@H]3C[C@H](OS(=O)(=O)O)[C@H]4C[C@@H](O)CC[C@]4(C)[C@H]3CC[C@]12C.[Na]. The molecule has 1 radical (unpaired) electrons. The Morgan fingerprint density at radius 1 is 0.912 bits per heavy atom. The van der Waals surface area contributed by atoms with Crippen LogP contribution >= 0.6 is 0 Å². The molecule has 10 atom stereocenters. The first kappa shape index (κ1) is 29.4. The van der Waals surface area contributed by atoms with Gasteiger partial charge in [-0.3, -0.25) is 4.55 Å². The standard InChI is InChI=1S/C27H48O5S.Na/c1-17(2)7-6-8-18(3)21-9-10-22-20-16-25(32-33(29,30)31)24-15-19(28)11-13-27(24,5)23(20)12-14-26(21,22)4;/h17-25,28H,6-16H2,1-5H3,(H,29,30,31);/t18-,19+,20+,21-,22+,23+,24-,25+,26-,27-;/m1./s1. The third-order valence-corrected chi connectivity index (χ3v) is 11.6. The molecular formula is C27H48NaO5S. The molecule has 0 amide bonds. The minimum absolute atomic E-state index is 0. The van der Waals surface area contributed by atoms with E-state index in [2.05, 4.69) is 34.6 Å². The Kier molecular flexibility index (Phi) is 9.42. The molecule has 0 spiro atoms. The van der Waals surface area contributed by atoms with Crippen LogP contribution in [0.3, 0.4) is 0 Å². The van der Waals surface area contributed by atoms with Gasteiger partial charge >= 0.3 is 10.4 Å². The van der Waals surface area contributed by atoms with Crippen LogP contribution in [0.5, 0.6) is 0 Å². The Balaban J connectivity index is 0.00000324. The van der Waals surface area contributed by atoms with Crippen LogP contribution in [0.4, 0.5) is 0 Å². The van der Waals surface area contributed by atoms with Gasteiger partial charge in [0, 0.05) is 29.6 Å². The number of aliphatic hydroxyl groups is 1. The predicted octanol–water partition coefficient (Wildman–Crippen LogP) is 5.89. The zero-order chi connectivity index (χ0) is 24.2. The first-order valence-electron chi connectivity index (χ1n) is 13.7. The Morgan fingerprint density at radius 3 is 2.21 bits per heavy atom. The van der Waals surface area contributed by atoms with Gasteiger partial charge in [0.05, 0.1) is 12.2 Å². The molecule has 0 saturated heterocycles. The smallest absolute Gasteiger partial charge is 0.393 e. The molecule has 5 nitrogen and oxygen atoms in total. The molecule has 193 valence electrons. The monoisotopic (exact) mass is 507 g/mol. The van der Waals surface area contributed by atoms with E-state index in [1.54, 1.807) is 0 Å². The zero-order valence-corrected chi connectivity index (χ0v) is 25.3. The van der Waals surface area contributed by atoms with Crippen LogP contribution < -0.4 is 0 Å². The second-order valence-electron chi connectivity index (χ2n) is 13.2. The molecule has 2 N–H and O–H groups in total. The van der Waals surface area contributed by atoms with Gasteiger partial charge in [-0.05, 0) is 104 Å². The number of hydrogen-bond donors (Lipinski definition) is 2. The van der Waals surface area contributed by atoms with Crippen molar-refractivity contribution in [1.29, 1.82) is 0 Å². The van der Waals surface area contributed by atoms with E-state index >= 15 is 0 Å². The van der Waals surface area contributed by atoms with E-state index in [1.807, 2.05) is 0 Å². The van der Waals surface area contributed by atoms with Crippen molar-refractivity contribution in [2.75, 3.05) is 0 Å². The normalized spacial score (nSPS) is 45.1. The van der Waals surface area contributed by atoms with Gasteiger partial charge in [0.15, 0.2) is 0 Å². The molecule has 4 rings (SSSR count). The number of aliphatic hydroxyl groups excluding tert-OH is 1. The van der Waals surface area contributed by atoms with Gasteiger partial charge in [-0.2, -0.15) is 8.42 Å². The summed E-state index contributed by atoms with van der Waals surface area (Å²) in [6, 6.07) is 0. The maximum absolute atomic E-state index is 11.8. The minimum atomic E-state index is -4.52. The molecule has 4 aliphatic rings. The molecule has 0 heterocycles. The van der Waals surface area contributed by atoms with Crippen molar-refractivity contribution in [2.24, 2.45) is 52.3 Å². The van der Waals surface area contributed by atoms with Crippen molar-refractivity contribution in [2.45, 2.75) is 117 Å². The van der Waals surface area contributed by atoms with Crippen LogP contribution in [-0.2, 0) is 14.6 Å². The van der Waals surface area contributed by atoms with Crippen molar-refractivity contribution in [3.63, 3.8) is 0 Å².